The average molecular weight is 332 g/mol. The number of hydrogen-bond donors (Lipinski definition) is 3. The number of amides is 1. The molecule has 0 aliphatic rings. The van der Waals surface area contributed by atoms with Crippen molar-refractivity contribution in [2.45, 2.75) is 19.8 Å². The van der Waals surface area contributed by atoms with E-state index in [1.807, 2.05) is 6.92 Å². The van der Waals surface area contributed by atoms with Gasteiger partial charge in [0.15, 0.2) is 5.11 Å². The second kappa shape index (κ2) is 7.55. The molecule has 1 aromatic heterocycles. The van der Waals surface area contributed by atoms with E-state index in [4.69, 9.17) is 21.7 Å². The Hall–Kier alpha value is -2.67. The van der Waals surface area contributed by atoms with Gasteiger partial charge in [0.05, 0.1) is 0 Å². The number of carboxylic acid groups (broad SMARTS) is 1. The molecule has 2 aromatic rings. The summed E-state index contributed by atoms with van der Waals surface area (Å²) in [5, 5.41) is 14.6. The smallest absolute Gasteiger partial charge is 0.371 e. The van der Waals surface area contributed by atoms with Crippen LogP contribution in [0.1, 0.15) is 30.3 Å². The Labute approximate surface area is 138 Å². The minimum atomic E-state index is -1.12. The predicted octanol–water partition coefficient (Wildman–Crippen LogP) is 3.26. The molecule has 120 valence electrons. The quantitative estimate of drug-likeness (QED) is 0.728. The summed E-state index contributed by atoms with van der Waals surface area (Å²) < 4.78 is 5.26. The zero-order valence-corrected chi connectivity index (χ0v) is 13.3. The molecule has 3 N–H and O–H groups in total. The van der Waals surface area contributed by atoms with Crippen LogP contribution in [-0.4, -0.2) is 22.1 Å². The second-order valence-corrected chi connectivity index (χ2v) is 5.21. The highest BCUT2D eigenvalue weighted by molar-refractivity contribution is 7.80. The first kappa shape index (κ1) is 16.7. The third-order valence-corrected chi connectivity index (χ3v) is 3.16. The Morgan fingerprint density at radius 1 is 1.26 bits per heavy atom. The van der Waals surface area contributed by atoms with Gasteiger partial charge in [-0.2, -0.15) is 0 Å². The fraction of sp³-hybridized carbons (Fsp3) is 0.188. The highest BCUT2D eigenvalue weighted by Crippen LogP contribution is 2.24. The van der Waals surface area contributed by atoms with Crippen LogP contribution < -0.4 is 10.6 Å². The van der Waals surface area contributed by atoms with E-state index in [1.54, 1.807) is 30.3 Å². The Bertz CT molecular complexity index is 739. The highest BCUT2D eigenvalue weighted by Gasteiger charge is 2.11. The summed E-state index contributed by atoms with van der Waals surface area (Å²) in [6.07, 6.45) is 1.15. The summed E-state index contributed by atoms with van der Waals surface area (Å²) >= 11 is 5.08. The van der Waals surface area contributed by atoms with Crippen LogP contribution in [0.3, 0.4) is 0 Å². The van der Waals surface area contributed by atoms with Gasteiger partial charge < -0.3 is 20.2 Å². The van der Waals surface area contributed by atoms with Crippen molar-refractivity contribution in [3.8, 4) is 11.3 Å². The third-order valence-electron chi connectivity index (χ3n) is 2.95. The first-order valence-corrected chi connectivity index (χ1v) is 7.45. The first-order valence-electron chi connectivity index (χ1n) is 7.04. The molecule has 7 heteroatoms. The van der Waals surface area contributed by atoms with Gasteiger partial charge in [0, 0.05) is 17.7 Å². The largest absolute Gasteiger partial charge is 0.475 e. The molecule has 0 saturated heterocycles. The van der Waals surface area contributed by atoms with E-state index in [1.165, 1.54) is 6.07 Å². The summed E-state index contributed by atoms with van der Waals surface area (Å²) in [4.78, 5) is 22.3. The average Bonchev–Trinajstić information content (AvgIpc) is 2.97. The molecule has 0 spiro atoms. The molecule has 6 nitrogen and oxygen atoms in total. The molecule has 1 amide bonds. The maximum Gasteiger partial charge on any atom is 0.371 e. The fourth-order valence-corrected chi connectivity index (χ4v) is 2.17. The molecule has 0 saturated carbocycles. The van der Waals surface area contributed by atoms with Crippen molar-refractivity contribution in [1.29, 1.82) is 0 Å². The van der Waals surface area contributed by atoms with Gasteiger partial charge >= 0.3 is 5.97 Å². The van der Waals surface area contributed by atoms with E-state index in [2.05, 4.69) is 10.6 Å². The number of carbonyl (C=O) groups is 2. The Balaban J connectivity index is 2.08. The molecular weight excluding hydrogens is 316 g/mol. The van der Waals surface area contributed by atoms with Crippen LogP contribution in [0, 0.1) is 0 Å². The lowest BCUT2D eigenvalue weighted by Gasteiger charge is -2.10. The van der Waals surface area contributed by atoms with Gasteiger partial charge in [0.1, 0.15) is 5.76 Å². The maximum absolute atomic E-state index is 11.5. The number of nitrogens with one attached hydrogen (secondary N) is 2. The molecule has 0 aliphatic heterocycles. The Kier molecular flexibility index (Phi) is 5.48. The topological polar surface area (TPSA) is 91.6 Å². The monoisotopic (exact) mass is 332 g/mol. The molecule has 0 atom stereocenters. The van der Waals surface area contributed by atoms with Crippen molar-refractivity contribution in [2.24, 2.45) is 0 Å². The maximum atomic E-state index is 11.5. The molecule has 1 aromatic carbocycles. The summed E-state index contributed by atoms with van der Waals surface area (Å²) in [5.41, 5.74) is 1.36. The number of hydrogen-bond acceptors (Lipinski definition) is 4. The number of thiocarbonyl (C=S) groups is 1. The minimum absolute atomic E-state index is 0.124. The van der Waals surface area contributed by atoms with Gasteiger partial charge in [0.25, 0.3) is 0 Å². The number of anilines is 1. The molecule has 0 bridgehead atoms. The van der Waals surface area contributed by atoms with Crippen molar-refractivity contribution in [3.05, 3.63) is 42.2 Å². The number of benzene rings is 1. The van der Waals surface area contributed by atoms with Crippen molar-refractivity contribution in [3.63, 3.8) is 0 Å². The SMILES string of the molecule is CCCC(=O)NC(=S)Nc1cccc(-c2ccc(C(=O)O)o2)c1. The van der Waals surface area contributed by atoms with Gasteiger partial charge in [0.2, 0.25) is 11.7 Å². The van der Waals surface area contributed by atoms with Gasteiger partial charge in [-0.1, -0.05) is 19.1 Å². The van der Waals surface area contributed by atoms with Gasteiger partial charge in [-0.25, -0.2) is 4.79 Å². The van der Waals surface area contributed by atoms with E-state index in [9.17, 15) is 9.59 Å². The number of furan rings is 1. The van der Waals surface area contributed by atoms with Crippen molar-refractivity contribution in [1.82, 2.24) is 5.32 Å². The number of carbonyl (C=O) groups excluding carboxylic acids is 1. The van der Waals surface area contributed by atoms with E-state index in [0.29, 0.717) is 23.4 Å². The Morgan fingerprint density at radius 3 is 2.70 bits per heavy atom. The van der Waals surface area contributed by atoms with Crippen LogP contribution in [0.15, 0.2) is 40.8 Å². The van der Waals surface area contributed by atoms with Crippen LogP contribution in [0.5, 0.6) is 0 Å². The van der Waals surface area contributed by atoms with Crippen LogP contribution >= 0.6 is 12.2 Å². The fourth-order valence-electron chi connectivity index (χ4n) is 1.94. The van der Waals surface area contributed by atoms with Gasteiger partial charge in [-0.05, 0) is 42.9 Å². The lowest BCUT2D eigenvalue weighted by atomic mass is 10.1. The molecule has 0 unspecified atom stereocenters. The lowest BCUT2D eigenvalue weighted by molar-refractivity contribution is -0.119. The molecule has 2 rings (SSSR count). The predicted molar refractivity (Wildman–Crippen MR) is 90.4 cm³/mol. The second-order valence-electron chi connectivity index (χ2n) is 4.80. The van der Waals surface area contributed by atoms with Gasteiger partial charge in [-0.15, -0.1) is 0 Å². The van der Waals surface area contributed by atoms with Gasteiger partial charge in [-0.3, -0.25) is 4.79 Å². The van der Waals surface area contributed by atoms with Crippen LogP contribution in [0.25, 0.3) is 11.3 Å². The number of carboxylic acids is 1. The normalized spacial score (nSPS) is 10.1. The zero-order valence-electron chi connectivity index (χ0n) is 12.5. The van der Waals surface area contributed by atoms with Crippen molar-refractivity contribution < 1.29 is 19.1 Å². The third kappa shape index (κ3) is 4.65. The number of aromatic carboxylic acids is 1. The summed E-state index contributed by atoms with van der Waals surface area (Å²) in [6, 6.07) is 10.1. The highest BCUT2D eigenvalue weighted by atomic mass is 32.1. The first-order chi connectivity index (χ1) is 11.0. The summed E-state index contributed by atoms with van der Waals surface area (Å²) in [5.74, 6) is -0.948. The molecule has 0 aliphatic carbocycles. The summed E-state index contributed by atoms with van der Waals surface area (Å²) in [6.45, 7) is 1.91. The van der Waals surface area contributed by atoms with E-state index in [-0.39, 0.29) is 16.8 Å². The van der Waals surface area contributed by atoms with E-state index in [0.717, 1.165) is 6.42 Å². The zero-order chi connectivity index (χ0) is 16.8. The Morgan fingerprint density at radius 2 is 2.04 bits per heavy atom. The molecule has 0 radical (unpaired) electrons. The molecule has 1 heterocycles. The minimum Gasteiger partial charge on any atom is -0.475 e. The van der Waals surface area contributed by atoms with E-state index >= 15 is 0 Å². The molecular formula is C16H16N2O4S. The lowest BCUT2D eigenvalue weighted by Crippen LogP contribution is -2.33. The van der Waals surface area contributed by atoms with E-state index < -0.39 is 5.97 Å². The summed E-state index contributed by atoms with van der Waals surface area (Å²) in [7, 11) is 0. The van der Waals surface area contributed by atoms with Crippen LogP contribution in [0.4, 0.5) is 5.69 Å². The van der Waals surface area contributed by atoms with Crippen LogP contribution in [-0.2, 0) is 4.79 Å². The molecule has 23 heavy (non-hydrogen) atoms. The number of rotatable bonds is 5. The molecule has 0 fully saturated rings. The van der Waals surface area contributed by atoms with Crippen molar-refractivity contribution in [2.75, 3.05) is 5.32 Å². The standard InChI is InChI=1S/C16H16N2O4S/c1-2-4-14(19)18-16(23)17-11-6-3-5-10(9-11)12-7-8-13(22-12)15(20)21/h3,5-9H,2,4H2,1H3,(H,20,21)(H2,17,18,19,23). The van der Waals surface area contributed by atoms with Crippen molar-refractivity contribution >= 4 is 34.9 Å². The van der Waals surface area contributed by atoms with Crippen LogP contribution in [0.2, 0.25) is 0 Å².